The van der Waals surface area contributed by atoms with Crippen molar-refractivity contribution in [2.75, 3.05) is 12.8 Å². The van der Waals surface area contributed by atoms with E-state index in [-0.39, 0.29) is 0 Å². The van der Waals surface area contributed by atoms with Gasteiger partial charge in [-0.15, -0.1) is 0 Å². The van der Waals surface area contributed by atoms with Gasteiger partial charge < -0.3 is 10.2 Å². The van der Waals surface area contributed by atoms with Gasteiger partial charge in [0.2, 0.25) is 5.89 Å². The Labute approximate surface area is 107 Å². The Morgan fingerprint density at radius 3 is 2.94 bits per heavy atom. The lowest BCUT2D eigenvalue weighted by molar-refractivity contribution is 0.208. The molecule has 1 aromatic carbocycles. The van der Waals surface area contributed by atoms with Gasteiger partial charge in [0.15, 0.2) is 5.58 Å². The van der Waals surface area contributed by atoms with Crippen LogP contribution in [0.25, 0.3) is 11.1 Å². The second-order valence-electron chi connectivity index (χ2n) is 5.29. The summed E-state index contributed by atoms with van der Waals surface area (Å²) < 4.78 is 5.74. The highest BCUT2D eigenvalue weighted by molar-refractivity contribution is 5.85. The third kappa shape index (κ3) is 2.08. The van der Waals surface area contributed by atoms with Crippen LogP contribution in [0.1, 0.15) is 25.7 Å². The normalized spacial score (nSPS) is 17.5. The number of nitrogens with two attached hydrogens (primary N) is 1. The number of para-hydroxylation sites is 1. The van der Waals surface area contributed by atoms with Crippen molar-refractivity contribution in [3.63, 3.8) is 0 Å². The van der Waals surface area contributed by atoms with Crippen LogP contribution >= 0.6 is 0 Å². The van der Waals surface area contributed by atoms with Crippen molar-refractivity contribution in [1.82, 2.24) is 9.88 Å². The molecule has 1 fully saturated rings. The molecule has 0 amide bonds. The standard InChI is InChI=1S/C14H19N3O/c1-9(10-6-7-10)17(2)8-13-16-14-11(15)4-3-5-12(14)18-13/h3-5,9-10H,6-8,15H2,1-2H3. The van der Waals surface area contributed by atoms with Crippen LogP contribution in [0.4, 0.5) is 5.69 Å². The van der Waals surface area contributed by atoms with E-state index in [4.69, 9.17) is 10.2 Å². The monoisotopic (exact) mass is 245 g/mol. The maximum atomic E-state index is 5.88. The number of aromatic nitrogens is 1. The topological polar surface area (TPSA) is 55.3 Å². The van der Waals surface area contributed by atoms with Crippen molar-refractivity contribution in [2.45, 2.75) is 32.4 Å². The minimum absolute atomic E-state index is 0.595. The molecule has 0 bridgehead atoms. The summed E-state index contributed by atoms with van der Waals surface area (Å²) in [7, 11) is 2.13. The van der Waals surface area contributed by atoms with E-state index in [0.717, 1.165) is 29.5 Å². The number of hydrogen-bond acceptors (Lipinski definition) is 4. The zero-order valence-electron chi connectivity index (χ0n) is 10.9. The fourth-order valence-corrected chi connectivity index (χ4v) is 2.38. The summed E-state index contributed by atoms with van der Waals surface area (Å²) in [6.07, 6.45) is 2.71. The van der Waals surface area contributed by atoms with Crippen LogP contribution in [-0.2, 0) is 6.54 Å². The molecule has 1 atom stereocenters. The summed E-state index contributed by atoms with van der Waals surface area (Å²) in [5.41, 5.74) is 8.12. The van der Waals surface area contributed by atoms with Gasteiger partial charge in [0.25, 0.3) is 0 Å². The molecule has 0 spiro atoms. The number of benzene rings is 1. The van der Waals surface area contributed by atoms with Gasteiger partial charge in [-0.05, 0) is 44.9 Å². The van der Waals surface area contributed by atoms with E-state index >= 15 is 0 Å². The molecule has 1 heterocycles. The molecule has 0 radical (unpaired) electrons. The Balaban J connectivity index is 1.79. The SMILES string of the molecule is CC(C1CC1)N(C)Cc1nc2c(N)cccc2o1. The predicted molar refractivity (Wildman–Crippen MR) is 72.1 cm³/mol. The first-order valence-electron chi connectivity index (χ1n) is 6.49. The molecule has 1 aromatic heterocycles. The molecule has 1 aliphatic rings. The molecular weight excluding hydrogens is 226 g/mol. The Hall–Kier alpha value is -1.55. The molecular formula is C14H19N3O. The number of anilines is 1. The fraction of sp³-hybridized carbons (Fsp3) is 0.500. The molecule has 1 saturated carbocycles. The van der Waals surface area contributed by atoms with E-state index in [1.54, 1.807) is 0 Å². The van der Waals surface area contributed by atoms with E-state index in [1.807, 2.05) is 18.2 Å². The van der Waals surface area contributed by atoms with Crippen LogP contribution in [0.2, 0.25) is 0 Å². The number of oxazole rings is 1. The van der Waals surface area contributed by atoms with Crippen LogP contribution in [0.15, 0.2) is 22.6 Å². The highest BCUT2D eigenvalue weighted by atomic mass is 16.3. The Morgan fingerprint density at radius 2 is 2.28 bits per heavy atom. The van der Waals surface area contributed by atoms with E-state index in [1.165, 1.54) is 12.8 Å². The van der Waals surface area contributed by atoms with Gasteiger partial charge in [-0.25, -0.2) is 4.98 Å². The van der Waals surface area contributed by atoms with Crippen molar-refractivity contribution in [3.05, 3.63) is 24.1 Å². The second-order valence-corrected chi connectivity index (χ2v) is 5.29. The smallest absolute Gasteiger partial charge is 0.209 e. The van der Waals surface area contributed by atoms with Gasteiger partial charge in [0, 0.05) is 6.04 Å². The van der Waals surface area contributed by atoms with Crippen LogP contribution in [-0.4, -0.2) is 23.0 Å². The molecule has 4 nitrogen and oxygen atoms in total. The largest absolute Gasteiger partial charge is 0.439 e. The molecule has 2 aromatic rings. The lowest BCUT2D eigenvalue weighted by Gasteiger charge is -2.22. The van der Waals surface area contributed by atoms with Crippen molar-refractivity contribution in [3.8, 4) is 0 Å². The molecule has 3 rings (SSSR count). The lowest BCUT2D eigenvalue weighted by Crippen LogP contribution is -2.30. The summed E-state index contributed by atoms with van der Waals surface area (Å²) >= 11 is 0. The van der Waals surface area contributed by atoms with Gasteiger partial charge in [-0.3, -0.25) is 4.90 Å². The summed E-state index contributed by atoms with van der Waals surface area (Å²) in [5.74, 6) is 1.60. The minimum Gasteiger partial charge on any atom is -0.439 e. The van der Waals surface area contributed by atoms with Crippen LogP contribution in [0, 0.1) is 5.92 Å². The molecule has 2 N–H and O–H groups in total. The van der Waals surface area contributed by atoms with Gasteiger partial charge >= 0.3 is 0 Å². The number of nitrogen functional groups attached to an aromatic ring is 1. The van der Waals surface area contributed by atoms with Gasteiger partial charge in [-0.1, -0.05) is 6.07 Å². The summed E-state index contributed by atoms with van der Waals surface area (Å²) in [5, 5.41) is 0. The third-order valence-corrected chi connectivity index (χ3v) is 3.88. The average Bonchev–Trinajstić information content (AvgIpc) is 3.10. The highest BCUT2D eigenvalue weighted by Gasteiger charge is 2.30. The molecule has 1 aliphatic carbocycles. The number of hydrogen-bond donors (Lipinski definition) is 1. The fourth-order valence-electron chi connectivity index (χ4n) is 2.38. The van der Waals surface area contributed by atoms with Crippen molar-refractivity contribution in [2.24, 2.45) is 5.92 Å². The zero-order chi connectivity index (χ0) is 12.7. The second kappa shape index (κ2) is 4.28. The predicted octanol–water partition coefficient (Wildman–Crippen LogP) is 2.64. The maximum absolute atomic E-state index is 5.88. The number of rotatable bonds is 4. The van der Waals surface area contributed by atoms with Crippen molar-refractivity contribution in [1.29, 1.82) is 0 Å². The Morgan fingerprint density at radius 1 is 1.50 bits per heavy atom. The van der Waals surface area contributed by atoms with Crippen LogP contribution in [0.3, 0.4) is 0 Å². The van der Waals surface area contributed by atoms with Gasteiger partial charge in [-0.2, -0.15) is 0 Å². The first kappa shape index (κ1) is 11.5. The third-order valence-electron chi connectivity index (χ3n) is 3.88. The molecule has 1 unspecified atom stereocenters. The number of fused-ring (bicyclic) bond motifs is 1. The summed E-state index contributed by atoms with van der Waals surface area (Å²) in [4.78, 5) is 6.79. The minimum atomic E-state index is 0.595. The first-order valence-corrected chi connectivity index (χ1v) is 6.49. The van der Waals surface area contributed by atoms with E-state index in [0.29, 0.717) is 11.7 Å². The molecule has 0 saturated heterocycles. The molecule has 4 heteroatoms. The number of nitrogens with zero attached hydrogens (tertiary/aromatic N) is 2. The molecule has 18 heavy (non-hydrogen) atoms. The van der Waals surface area contributed by atoms with Crippen molar-refractivity contribution >= 4 is 16.8 Å². The van der Waals surface area contributed by atoms with E-state index < -0.39 is 0 Å². The molecule has 0 aliphatic heterocycles. The van der Waals surface area contributed by atoms with E-state index in [9.17, 15) is 0 Å². The Kier molecular flexibility index (Phi) is 2.74. The first-order chi connectivity index (χ1) is 8.65. The summed E-state index contributed by atoms with van der Waals surface area (Å²) in [6.45, 7) is 3.01. The van der Waals surface area contributed by atoms with Gasteiger partial charge in [0.1, 0.15) is 5.52 Å². The highest BCUT2D eigenvalue weighted by Crippen LogP contribution is 2.35. The zero-order valence-corrected chi connectivity index (χ0v) is 10.9. The maximum Gasteiger partial charge on any atom is 0.209 e. The van der Waals surface area contributed by atoms with E-state index in [2.05, 4.69) is 23.9 Å². The quantitative estimate of drug-likeness (QED) is 0.841. The van der Waals surface area contributed by atoms with Crippen molar-refractivity contribution < 1.29 is 4.42 Å². The van der Waals surface area contributed by atoms with Crippen LogP contribution in [0.5, 0.6) is 0 Å². The van der Waals surface area contributed by atoms with Crippen LogP contribution < -0.4 is 5.73 Å². The summed E-state index contributed by atoms with van der Waals surface area (Å²) in [6, 6.07) is 6.25. The van der Waals surface area contributed by atoms with Gasteiger partial charge in [0.05, 0.1) is 12.2 Å². The lowest BCUT2D eigenvalue weighted by atomic mass is 10.2. The Bertz CT molecular complexity index is 559. The average molecular weight is 245 g/mol. The molecule has 96 valence electrons.